The van der Waals surface area contributed by atoms with Crippen LogP contribution in [-0.4, -0.2) is 43.1 Å². The predicted octanol–water partition coefficient (Wildman–Crippen LogP) is -0.0352. The van der Waals surface area contributed by atoms with Gasteiger partial charge in [0, 0.05) is 13.1 Å². The Hall–Kier alpha value is -1.26. The minimum atomic E-state index is -0.391. The van der Waals surface area contributed by atoms with E-state index in [1.807, 2.05) is 6.92 Å². The Labute approximate surface area is 77.0 Å². The van der Waals surface area contributed by atoms with Crippen LogP contribution in [0.15, 0.2) is 0 Å². The molecule has 0 radical (unpaired) electrons. The van der Waals surface area contributed by atoms with Gasteiger partial charge in [0.05, 0.1) is 6.61 Å². The van der Waals surface area contributed by atoms with Crippen molar-refractivity contribution < 1.29 is 14.3 Å². The molecule has 0 aromatic rings. The molecule has 1 heterocycles. The molecule has 2 amide bonds. The molecule has 1 fully saturated rings. The zero-order chi connectivity index (χ0) is 9.68. The standard InChI is InChI=1S/C8H14N2O3/c1-2-9-7(11)6-10-4-3-5-13-8(10)12/h2-6H2,1H3,(H,9,11). The van der Waals surface area contributed by atoms with Crippen LogP contribution >= 0.6 is 0 Å². The fraction of sp³-hybridized carbons (Fsp3) is 0.750. The molecule has 5 nitrogen and oxygen atoms in total. The van der Waals surface area contributed by atoms with E-state index in [0.717, 1.165) is 6.42 Å². The lowest BCUT2D eigenvalue weighted by Gasteiger charge is -2.25. The highest BCUT2D eigenvalue weighted by Gasteiger charge is 2.21. The van der Waals surface area contributed by atoms with E-state index >= 15 is 0 Å². The summed E-state index contributed by atoms with van der Waals surface area (Å²) in [4.78, 5) is 23.6. The van der Waals surface area contributed by atoms with E-state index in [1.54, 1.807) is 0 Å². The Balaban J connectivity index is 2.33. The third-order valence-electron chi connectivity index (χ3n) is 1.76. The first-order valence-corrected chi connectivity index (χ1v) is 4.42. The van der Waals surface area contributed by atoms with Gasteiger partial charge in [-0.25, -0.2) is 4.79 Å². The predicted molar refractivity (Wildman–Crippen MR) is 46.2 cm³/mol. The maximum Gasteiger partial charge on any atom is 0.410 e. The van der Waals surface area contributed by atoms with Gasteiger partial charge in [-0.05, 0) is 13.3 Å². The largest absolute Gasteiger partial charge is 0.449 e. The molecule has 1 N–H and O–H groups in total. The van der Waals surface area contributed by atoms with Gasteiger partial charge in [0.15, 0.2) is 0 Å². The summed E-state index contributed by atoms with van der Waals surface area (Å²) < 4.78 is 4.78. The number of amides is 2. The highest BCUT2D eigenvalue weighted by atomic mass is 16.6. The monoisotopic (exact) mass is 186 g/mol. The summed E-state index contributed by atoms with van der Waals surface area (Å²) in [6.45, 7) is 3.60. The topological polar surface area (TPSA) is 58.6 Å². The SMILES string of the molecule is CCNC(=O)CN1CCCOC1=O. The van der Waals surface area contributed by atoms with Crippen LogP contribution in [0.1, 0.15) is 13.3 Å². The molecule has 0 spiro atoms. The fourth-order valence-electron chi connectivity index (χ4n) is 1.17. The Kier molecular flexibility index (Phi) is 3.54. The maximum atomic E-state index is 11.1. The van der Waals surface area contributed by atoms with Crippen molar-refractivity contribution in [2.24, 2.45) is 0 Å². The molecule has 1 aliphatic rings. The van der Waals surface area contributed by atoms with Gasteiger partial charge in [0.2, 0.25) is 5.91 Å². The molecular weight excluding hydrogens is 172 g/mol. The number of nitrogens with zero attached hydrogens (tertiary/aromatic N) is 1. The first-order chi connectivity index (χ1) is 6.24. The molecule has 0 bridgehead atoms. The number of likely N-dealkylation sites (N-methyl/N-ethyl adjacent to an activating group) is 1. The van der Waals surface area contributed by atoms with Crippen LogP contribution in [0, 0.1) is 0 Å². The minimum absolute atomic E-state index is 0.104. The van der Waals surface area contributed by atoms with E-state index in [-0.39, 0.29) is 12.5 Å². The number of carbonyl (C=O) groups is 2. The van der Waals surface area contributed by atoms with Gasteiger partial charge in [0.25, 0.3) is 0 Å². The fourth-order valence-corrected chi connectivity index (χ4v) is 1.17. The van der Waals surface area contributed by atoms with Crippen molar-refractivity contribution >= 4 is 12.0 Å². The first-order valence-electron chi connectivity index (χ1n) is 4.42. The lowest BCUT2D eigenvalue weighted by Crippen LogP contribution is -2.44. The van der Waals surface area contributed by atoms with Gasteiger partial charge in [-0.3, -0.25) is 9.69 Å². The van der Waals surface area contributed by atoms with Gasteiger partial charge in [0.1, 0.15) is 6.54 Å². The molecule has 1 aliphatic heterocycles. The Morgan fingerprint density at radius 3 is 3.08 bits per heavy atom. The van der Waals surface area contributed by atoms with E-state index in [9.17, 15) is 9.59 Å². The second kappa shape index (κ2) is 4.69. The number of ether oxygens (including phenoxy) is 1. The van der Waals surface area contributed by atoms with Crippen molar-refractivity contribution in [1.29, 1.82) is 0 Å². The Morgan fingerprint density at radius 2 is 2.46 bits per heavy atom. The average molecular weight is 186 g/mol. The molecule has 0 aromatic carbocycles. The minimum Gasteiger partial charge on any atom is -0.449 e. The number of nitrogens with one attached hydrogen (secondary N) is 1. The summed E-state index contributed by atoms with van der Waals surface area (Å²) in [6.07, 6.45) is 0.406. The van der Waals surface area contributed by atoms with E-state index in [2.05, 4.69) is 5.32 Å². The average Bonchev–Trinajstić information content (AvgIpc) is 2.09. The smallest absolute Gasteiger partial charge is 0.410 e. The number of hydrogen-bond acceptors (Lipinski definition) is 3. The third-order valence-corrected chi connectivity index (χ3v) is 1.76. The quantitative estimate of drug-likeness (QED) is 0.673. The normalized spacial score (nSPS) is 16.7. The zero-order valence-corrected chi connectivity index (χ0v) is 7.71. The number of hydrogen-bond donors (Lipinski definition) is 1. The van der Waals surface area contributed by atoms with Gasteiger partial charge >= 0.3 is 6.09 Å². The van der Waals surface area contributed by atoms with Crippen molar-refractivity contribution in [3.63, 3.8) is 0 Å². The van der Waals surface area contributed by atoms with Crippen LogP contribution in [0.5, 0.6) is 0 Å². The van der Waals surface area contributed by atoms with Gasteiger partial charge < -0.3 is 10.1 Å². The molecule has 0 aliphatic carbocycles. The van der Waals surface area contributed by atoms with Gasteiger partial charge in [-0.1, -0.05) is 0 Å². The molecule has 1 rings (SSSR count). The number of carbonyl (C=O) groups excluding carboxylic acids is 2. The van der Waals surface area contributed by atoms with E-state index in [1.165, 1.54) is 4.90 Å². The first kappa shape index (κ1) is 9.83. The lowest BCUT2D eigenvalue weighted by atomic mass is 10.3. The molecule has 5 heteroatoms. The number of cyclic esters (lactones) is 1. The van der Waals surface area contributed by atoms with Crippen LogP contribution in [0.3, 0.4) is 0 Å². The summed E-state index contributed by atoms with van der Waals surface area (Å²) in [5, 5.41) is 2.62. The van der Waals surface area contributed by atoms with Gasteiger partial charge in [-0.2, -0.15) is 0 Å². The second-order valence-electron chi connectivity index (χ2n) is 2.84. The molecular formula is C8H14N2O3. The molecule has 0 saturated carbocycles. The summed E-state index contributed by atoms with van der Waals surface area (Å²) in [5.74, 6) is -0.138. The Morgan fingerprint density at radius 1 is 1.69 bits per heavy atom. The van der Waals surface area contributed by atoms with E-state index < -0.39 is 6.09 Å². The van der Waals surface area contributed by atoms with Crippen molar-refractivity contribution in [2.45, 2.75) is 13.3 Å². The molecule has 0 aromatic heterocycles. The van der Waals surface area contributed by atoms with Crippen molar-refractivity contribution in [1.82, 2.24) is 10.2 Å². The molecule has 0 atom stereocenters. The molecule has 74 valence electrons. The summed E-state index contributed by atoms with van der Waals surface area (Å²) in [7, 11) is 0. The van der Waals surface area contributed by atoms with Crippen molar-refractivity contribution in [3.8, 4) is 0 Å². The van der Waals surface area contributed by atoms with Crippen molar-refractivity contribution in [2.75, 3.05) is 26.2 Å². The van der Waals surface area contributed by atoms with Gasteiger partial charge in [-0.15, -0.1) is 0 Å². The van der Waals surface area contributed by atoms with Crippen LogP contribution in [0.4, 0.5) is 4.79 Å². The summed E-state index contributed by atoms with van der Waals surface area (Å²) in [5.41, 5.74) is 0. The van der Waals surface area contributed by atoms with Crippen molar-refractivity contribution in [3.05, 3.63) is 0 Å². The molecule has 0 unspecified atom stereocenters. The highest BCUT2D eigenvalue weighted by molar-refractivity contribution is 5.82. The van der Waals surface area contributed by atoms with E-state index in [0.29, 0.717) is 19.7 Å². The summed E-state index contributed by atoms with van der Waals surface area (Å²) in [6, 6.07) is 0. The highest BCUT2D eigenvalue weighted by Crippen LogP contribution is 2.03. The third kappa shape index (κ3) is 2.93. The van der Waals surface area contributed by atoms with E-state index in [4.69, 9.17) is 4.74 Å². The molecule has 13 heavy (non-hydrogen) atoms. The van der Waals surface area contributed by atoms with Crippen LogP contribution in [0.2, 0.25) is 0 Å². The van der Waals surface area contributed by atoms with Crippen LogP contribution in [-0.2, 0) is 9.53 Å². The second-order valence-corrected chi connectivity index (χ2v) is 2.84. The maximum absolute atomic E-state index is 11.1. The number of rotatable bonds is 3. The van der Waals surface area contributed by atoms with Crippen LogP contribution < -0.4 is 5.32 Å². The Bertz CT molecular complexity index is 206. The van der Waals surface area contributed by atoms with Crippen LogP contribution in [0.25, 0.3) is 0 Å². The lowest BCUT2D eigenvalue weighted by molar-refractivity contribution is -0.122. The zero-order valence-electron chi connectivity index (χ0n) is 7.71. The summed E-state index contributed by atoms with van der Waals surface area (Å²) >= 11 is 0. The molecule has 1 saturated heterocycles.